The van der Waals surface area contributed by atoms with Crippen LogP contribution in [0.1, 0.15) is 38.7 Å². The van der Waals surface area contributed by atoms with E-state index in [0.29, 0.717) is 17.9 Å². The maximum atomic E-state index is 11.9. The van der Waals surface area contributed by atoms with Crippen molar-refractivity contribution in [1.82, 2.24) is 20.3 Å². The van der Waals surface area contributed by atoms with Crippen molar-refractivity contribution in [1.29, 1.82) is 0 Å². The van der Waals surface area contributed by atoms with Crippen LogP contribution in [0.4, 0.5) is 11.8 Å². The molecule has 0 aliphatic rings. The van der Waals surface area contributed by atoms with Crippen LogP contribution in [0.2, 0.25) is 0 Å². The molecular formula is C22H30N6O2. The van der Waals surface area contributed by atoms with E-state index in [1.54, 1.807) is 12.3 Å². The van der Waals surface area contributed by atoms with E-state index in [-0.39, 0.29) is 18.1 Å². The monoisotopic (exact) mass is 410 g/mol. The number of aromatic amines is 1. The lowest BCUT2D eigenvalue weighted by Crippen LogP contribution is -2.39. The molecule has 0 unspecified atom stereocenters. The van der Waals surface area contributed by atoms with Gasteiger partial charge in [0.1, 0.15) is 5.82 Å². The Morgan fingerprint density at radius 2 is 2.07 bits per heavy atom. The van der Waals surface area contributed by atoms with E-state index < -0.39 is 5.54 Å². The SMILES string of the molecule is CCCC[C@](C)(CO)Nc1nc(N)nc2cc(-c3cc(=O)[nH]cc3CNC)ccc12. The van der Waals surface area contributed by atoms with Crippen molar-refractivity contribution < 1.29 is 5.11 Å². The number of aliphatic hydroxyl groups excluding tert-OH is 1. The summed E-state index contributed by atoms with van der Waals surface area (Å²) in [6.45, 7) is 4.70. The highest BCUT2D eigenvalue weighted by atomic mass is 16.3. The van der Waals surface area contributed by atoms with E-state index in [9.17, 15) is 9.90 Å². The molecule has 0 bridgehead atoms. The largest absolute Gasteiger partial charge is 0.394 e. The standard InChI is InChI=1S/C22H30N6O2/c1-4-5-8-22(2,13-29)28-20-16-7-6-14(9-18(16)26-21(23)27-20)17-10-19(30)25-12-15(17)11-24-3/h6-7,9-10,12,24,29H,4-5,8,11,13H2,1-3H3,(H,25,30)(H3,23,26,27,28)/t22-/m1/s1. The van der Waals surface area contributed by atoms with Gasteiger partial charge in [0.05, 0.1) is 17.7 Å². The second-order valence-corrected chi connectivity index (χ2v) is 7.88. The van der Waals surface area contributed by atoms with Crippen molar-refractivity contribution in [2.45, 2.75) is 45.2 Å². The fourth-order valence-corrected chi connectivity index (χ4v) is 3.55. The van der Waals surface area contributed by atoms with Crippen LogP contribution < -0.4 is 21.9 Å². The molecule has 0 fully saturated rings. The highest BCUT2D eigenvalue weighted by Crippen LogP contribution is 2.30. The molecule has 0 aliphatic carbocycles. The van der Waals surface area contributed by atoms with Crippen LogP contribution in [0.3, 0.4) is 0 Å². The predicted molar refractivity (Wildman–Crippen MR) is 121 cm³/mol. The molecule has 3 rings (SSSR count). The molecule has 0 saturated carbocycles. The van der Waals surface area contributed by atoms with Crippen molar-refractivity contribution in [3.63, 3.8) is 0 Å². The van der Waals surface area contributed by atoms with Gasteiger partial charge in [-0.15, -0.1) is 0 Å². The number of fused-ring (bicyclic) bond motifs is 1. The molecule has 1 aromatic carbocycles. The van der Waals surface area contributed by atoms with Crippen molar-refractivity contribution >= 4 is 22.7 Å². The number of nitrogens with zero attached hydrogens (tertiary/aromatic N) is 2. The minimum Gasteiger partial charge on any atom is -0.394 e. The van der Waals surface area contributed by atoms with Crippen LogP contribution in [0.15, 0.2) is 35.3 Å². The first-order valence-electron chi connectivity index (χ1n) is 10.2. The lowest BCUT2D eigenvalue weighted by molar-refractivity contribution is 0.212. The Labute approximate surface area is 176 Å². The van der Waals surface area contributed by atoms with E-state index >= 15 is 0 Å². The molecule has 3 aromatic rings. The van der Waals surface area contributed by atoms with Crippen LogP contribution in [0.5, 0.6) is 0 Å². The van der Waals surface area contributed by atoms with Crippen LogP contribution in [0.25, 0.3) is 22.0 Å². The topological polar surface area (TPSA) is 129 Å². The van der Waals surface area contributed by atoms with Crippen molar-refractivity contribution in [3.8, 4) is 11.1 Å². The van der Waals surface area contributed by atoms with Gasteiger partial charge in [-0.1, -0.05) is 25.8 Å². The van der Waals surface area contributed by atoms with Crippen LogP contribution in [-0.2, 0) is 6.54 Å². The van der Waals surface area contributed by atoms with Gasteiger partial charge in [-0.05, 0) is 49.2 Å². The molecule has 0 saturated heterocycles. The lowest BCUT2D eigenvalue weighted by Gasteiger charge is -2.30. The Balaban J connectivity index is 2.07. The molecule has 2 heterocycles. The average molecular weight is 411 g/mol. The molecule has 160 valence electrons. The van der Waals surface area contributed by atoms with Gasteiger partial charge in [0, 0.05) is 24.2 Å². The molecule has 2 aromatic heterocycles. The number of anilines is 2. The van der Waals surface area contributed by atoms with Crippen molar-refractivity contribution in [2.75, 3.05) is 24.7 Å². The first-order chi connectivity index (χ1) is 14.4. The number of nitrogens with one attached hydrogen (secondary N) is 3. The Morgan fingerprint density at radius 1 is 1.27 bits per heavy atom. The third-order valence-corrected chi connectivity index (χ3v) is 5.25. The number of rotatable bonds is 9. The van der Waals surface area contributed by atoms with E-state index in [0.717, 1.165) is 41.3 Å². The Kier molecular flexibility index (Phi) is 6.69. The number of hydrogen-bond acceptors (Lipinski definition) is 7. The van der Waals surface area contributed by atoms with E-state index in [2.05, 4.69) is 32.5 Å². The summed E-state index contributed by atoms with van der Waals surface area (Å²) in [4.78, 5) is 23.4. The third-order valence-electron chi connectivity index (χ3n) is 5.25. The summed E-state index contributed by atoms with van der Waals surface area (Å²) in [6, 6.07) is 7.37. The fourth-order valence-electron chi connectivity index (χ4n) is 3.55. The number of hydrogen-bond donors (Lipinski definition) is 5. The van der Waals surface area contributed by atoms with Crippen LogP contribution in [-0.4, -0.2) is 39.3 Å². The normalized spacial score (nSPS) is 13.3. The first kappa shape index (κ1) is 21.7. The number of nitrogen functional groups attached to an aromatic ring is 1. The van der Waals surface area contributed by atoms with Gasteiger partial charge in [-0.3, -0.25) is 4.79 Å². The predicted octanol–water partition coefficient (Wildman–Crippen LogP) is 2.64. The molecule has 0 spiro atoms. The minimum atomic E-state index is -0.505. The molecule has 0 aliphatic heterocycles. The van der Waals surface area contributed by atoms with Gasteiger partial charge in [0.15, 0.2) is 0 Å². The third kappa shape index (κ3) is 4.77. The zero-order chi connectivity index (χ0) is 21.7. The highest BCUT2D eigenvalue weighted by molar-refractivity contribution is 5.93. The summed E-state index contributed by atoms with van der Waals surface area (Å²) in [7, 11) is 1.86. The number of benzene rings is 1. The quantitative estimate of drug-likeness (QED) is 0.367. The van der Waals surface area contributed by atoms with Gasteiger partial charge in [-0.25, -0.2) is 4.98 Å². The Morgan fingerprint density at radius 3 is 2.77 bits per heavy atom. The second-order valence-electron chi connectivity index (χ2n) is 7.88. The zero-order valence-corrected chi connectivity index (χ0v) is 17.7. The zero-order valence-electron chi connectivity index (χ0n) is 17.7. The molecule has 8 heteroatoms. The minimum absolute atomic E-state index is 0.0172. The summed E-state index contributed by atoms with van der Waals surface area (Å²) < 4.78 is 0. The van der Waals surface area contributed by atoms with Gasteiger partial charge >= 0.3 is 0 Å². The highest BCUT2D eigenvalue weighted by Gasteiger charge is 2.24. The molecule has 1 atom stereocenters. The number of H-pyrrole nitrogens is 1. The molecular weight excluding hydrogens is 380 g/mol. The van der Waals surface area contributed by atoms with Crippen molar-refractivity contribution in [3.05, 3.63) is 46.4 Å². The summed E-state index contributed by atoms with van der Waals surface area (Å²) in [5, 5.41) is 17.2. The number of unbranched alkanes of at least 4 members (excludes halogenated alkanes) is 1. The van der Waals surface area contributed by atoms with E-state index in [1.807, 2.05) is 32.2 Å². The Bertz CT molecular complexity index is 1080. The fraction of sp³-hybridized carbons (Fsp3) is 0.409. The Hall–Kier alpha value is -2.97. The summed E-state index contributed by atoms with van der Waals surface area (Å²) in [5.74, 6) is 0.748. The van der Waals surface area contributed by atoms with Gasteiger partial charge in [0.25, 0.3) is 0 Å². The molecule has 0 amide bonds. The number of aromatic nitrogens is 3. The summed E-state index contributed by atoms with van der Waals surface area (Å²) in [5.41, 5.74) is 8.68. The van der Waals surface area contributed by atoms with Gasteiger partial charge in [0.2, 0.25) is 11.5 Å². The summed E-state index contributed by atoms with van der Waals surface area (Å²) >= 11 is 0. The molecule has 30 heavy (non-hydrogen) atoms. The summed E-state index contributed by atoms with van der Waals surface area (Å²) in [6.07, 6.45) is 4.56. The van der Waals surface area contributed by atoms with E-state index in [4.69, 9.17) is 5.73 Å². The van der Waals surface area contributed by atoms with Crippen LogP contribution >= 0.6 is 0 Å². The van der Waals surface area contributed by atoms with Crippen molar-refractivity contribution in [2.24, 2.45) is 0 Å². The smallest absolute Gasteiger partial charge is 0.248 e. The first-order valence-corrected chi connectivity index (χ1v) is 10.2. The average Bonchev–Trinajstić information content (AvgIpc) is 2.73. The maximum absolute atomic E-state index is 11.9. The van der Waals surface area contributed by atoms with Gasteiger partial charge in [-0.2, -0.15) is 4.98 Å². The number of aliphatic hydroxyl groups is 1. The van der Waals surface area contributed by atoms with Gasteiger partial charge < -0.3 is 26.5 Å². The molecule has 6 N–H and O–H groups in total. The van der Waals surface area contributed by atoms with E-state index in [1.165, 1.54) is 0 Å². The molecule has 8 nitrogen and oxygen atoms in total. The second kappa shape index (κ2) is 9.23. The lowest BCUT2D eigenvalue weighted by atomic mass is 9.95. The maximum Gasteiger partial charge on any atom is 0.248 e. The van der Waals surface area contributed by atoms with Crippen LogP contribution in [0, 0.1) is 0 Å². The number of nitrogens with two attached hydrogens (primary N) is 1. The number of pyridine rings is 1. The molecule has 0 radical (unpaired) electrons.